The molecule has 0 aliphatic rings. The summed E-state index contributed by atoms with van der Waals surface area (Å²) in [6, 6.07) is 9.53. The van der Waals surface area contributed by atoms with E-state index in [1.54, 1.807) is 0 Å². The lowest BCUT2D eigenvalue weighted by atomic mass is 10.0. The molecule has 0 radical (unpaired) electrons. The normalized spacial score (nSPS) is 12.8. The molecule has 0 spiro atoms. The lowest BCUT2D eigenvalue weighted by molar-refractivity contribution is 0.110. The minimum atomic E-state index is -3.33. The molecule has 0 saturated carbocycles. The van der Waals surface area contributed by atoms with Gasteiger partial charge in [-0.2, -0.15) is 0 Å². The van der Waals surface area contributed by atoms with Crippen LogP contribution in [0.4, 0.5) is 4.79 Å². The summed E-state index contributed by atoms with van der Waals surface area (Å²) < 4.78 is 30.3. The highest BCUT2D eigenvalue weighted by Gasteiger charge is 2.24. The van der Waals surface area contributed by atoms with E-state index in [9.17, 15) is 9.36 Å². The zero-order valence-electron chi connectivity index (χ0n) is 25.3. The van der Waals surface area contributed by atoms with E-state index in [0.29, 0.717) is 19.4 Å². The minimum absolute atomic E-state index is 0.167. The third-order valence-corrected chi connectivity index (χ3v) is 8.98. The molecule has 40 heavy (non-hydrogen) atoms. The predicted molar refractivity (Wildman–Crippen MR) is 165 cm³/mol. The largest absolute Gasteiger partial charge is 0.465 e. The average molecular weight is 584 g/mol. The smallest absolute Gasteiger partial charge is 0.404 e. The minimum Gasteiger partial charge on any atom is -0.465 e. The summed E-state index contributed by atoms with van der Waals surface area (Å²) in [5, 5.41) is 11.0. The van der Waals surface area contributed by atoms with Gasteiger partial charge in [-0.05, 0) is 24.8 Å². The monoisotopic (exact) mass is 583 g/mol. The number of hydrogen-bond acceptors (Lipinski definition) is 5. The van der Waals surface area contributed by atoms with Crippen molar-refractivity contribution in [1.29, 1.82) is 0 Å². The topological polar surface area (TPSA) is 94.1 Å². The van der Waals surface area contributed by atoms with Gasteiger partial charge in [0.05, 0.1) is 19.4 Å². The molecule has 7 nitrogen and oxygen atoms in total. The number of unbranched alkanes of at least 4 members (excludes halogenated alkanes) is 15. The molecule has 1 atom stereocenters. The maximum Gasteiger partial charge on any atom is 0.404 e. The van der Waals surface area contributed by atoms with Crippen molar-refractivity contribution in [2.24, 2.45) is 0 Å². The average Bonchev–Trinajstić information content (AvgIpc) is 2.96. The third-order valence-electron chi connectivity index (χ3n) is 7.02. The van der Waals surface area contributed by atoms with Crippen molar-refractivity contribution >= 4 is 13.7 Å². The summed E-state index contributed by atoms with van der Waals surface area (Å²) in [6.45, 7) is 4.29. The fourth-order valence-electron chi connectivity index (χ4n) is 4.60. The number of rotatable bonds is 29. The van der Waals surface area contributed by atoms with Crippen LogP contribution in [0, 0.1) is 0 Å². The molecule has 2 N–H and O–H groups in total. The Hall–Kier alpha value is -1.40. The van der Waals surface area contributed by atoms with E-state index >= 15 is 0 Å². The maximum atomic E-state index is 13.2. The van der Waals surface area contributed by atoms with Gasteiger partial charge in [0.2, 0.25) is 0 Å². The Balaban J connectivity index is 1.98. The molecule has 0 saturated heterocycles. The van der Waals surface area contributed by atoms with Gasteiger partial charge in [-0.1, -0.05) is 134 Å². The van der Waals surface area contributed by atoms with Crippen LogP contribution in [0.1, 0.15) is 128 Å². The molecular weight excluding hydrogens is 525 g/mol. The molecule has 0 bridgehead atoms. The summed E-state index contributed by atoms with van der Waals surface area (Å²) in [5.41, 5.74) is 0.914. The van der Waals surface area contributed by atoms with Crippen LogP contribution in [0.15, 0.2) is 30.3 Å². The first-order chi connectivity index (χ1) is 19.6. The first-order valence-corrected chi connectivity index (χ1v) is 17.7. The Bertz CT molecular complexity index is 748. The van der Waals surface area contributed by atoms with Gasteiger partial charge in [0.15, 0.2) is 0 Å². The van der Waals surface area contributed by atoms with E-state index in [-0.39, 0.29) is 25.9 Å². The molecule has 0 heterocycles. The van der Waals surface area contributed by atoms with Crippen LogP contribution >= 0.6 is 7.60 Å². The highest BCUT2D eigenvalue weighted by atomic mass is 31.2. The van der Waals surface area contributed by atoms with Gasteiger partial charge >= 0.3 is 13.7 Å². The van der Waals surface area contributed by atoms with Crippen molar-refractivity contribution in [3.63, 3.8) is 0 Å². The van der Waals surface area contributed by atoms with Crippen molar-refractivity contribution < 1.29 is 28.3 Å². The van der Waals surface area contributed by atoms with Gasteiger partial charge in [-0.3, -0.25) is 4.57 Å². The van der Waals surface area contributed by atoms with Crippen molar-refractivity contribution in [3.8, 4) is 0 Å². The van der Waals surface area contributed by atoms with Crippen molar-refractivity contribution in [1.82, 2.24) is 5.32 Å². The first-order valence-electron chi connectivity index (χ1n) is 16.0. The molecular formula is C32H58NO6P. The Kier molecular flexibility index (Phi) is 24.3. The fraction of sp³-hybridized carbons (Fsp3) is 0.781. The molecule has 8 heteroatoms. The van der Waals surface area contributed by atoms with Crippen molar-refractivity contribution in [2.45, 2.75) is 129 Å². The van der Waals surface area contributed by atoms with Gasteiger partial charge in [-0.25, -0.2) is 4.79 Å². The van der Waals surface area contributed by atoms with E-state index in [2.05, 4.69) is 12.2 Å². The number of hydrogen-bond donors (Lipinski definition) is 2. The van der Waals surface area contributed by atoms with E-state index in [4.69, 9.17) is 18.9 Å². The maximum absolute atomic E-state index is 13.2. The lowest BCUT2D eigenvalue weighted by Gasteiger charge is -2.19. The standard InChI is InChI=1S/C32H58NO6P/c1-2-3-4-5-6-7-8-9-10-11-12-13-14-15-16-20-26-37-27-22-28-38-40(36,29-21-25-33-32(34)35)39-30-31-23-18-17-19-24-31/h17-19,23-24,33H,2-16,20-22,25-30H2,1H3,(H,34,35). The van der Waals surface area contributed by atoms with Crippen LogP contribution in [0.3, 0.4) is 0 Å². The molecule has 0 aliphatic heterocycles. The van der Waals surface area contributed by atoms with Gasteiger partial charge in [-0.15, -0.1) is 0 Å². The summed E-state index contributed by atoms with van der Waals surface area (Å²) in [6.07, 6.45) is 21.8. The van der Waals surface area contributed by atoms with Crippen LogP contribution in [-0.4, -0.2) is 43.7 Å². The second-order valence-electron chi connectivity index (χ2n) is 10.8. The molecule has 1 rings (SSSR count). The van der Waals surface area contributed by atoms with Crippen LogP contribution in [0.25, 0.3) is 0 Å². The highest BCUT2D eigenvalue weighted by Crippen LogP contribution is 2.49. The van der Waals surface area contributed by atoms with Crippen LogP contribution in [-0.2, 0) is 25.0 Å². The number of amides is 1. The van der Waals surface area contributed by atoms with Crippen molar-refractivity contribution in [3.05, 3.63) is 35.9 Å². The van der Waals surface area contributed by atoms with Crippen LogP contribution in [0.5, 0.6) is 0 Å². The Morgan fingerprint density at radius 1 is 0.700 bits per heavy atom. The van der Waals surface area contributed by atoms with Gasteiger partial charge in [0.25, 0.3) is 0 Å². The van der Waals surface area contributed by atoms with E-state index < -0.39 is 13.7 Å². The summed E-state index contributed by atoms with van der Waals surface area (Å²) in [7, 11) is -3.33. The third kappa shape index (κ3) is 23.3. The van der Waals surface area contributed by atoms with E-state index in [1.807, 2.05) is 30.3 Å². The quantitative estimate of drug-likeness (QED) is 0.0720. The number of carbonyl (C=O) groups is 1. The molecule has 232 valence electrons. The molecule has 0 aliphatic carbocycles. The first kappa shape index (κ1) is 36.6. The second-order valence-corrected chi connectivity index (χ2v) is 13.0. The molecule has 1 aromatic rings. The SMILES string of the molecule is CCCCCCCCCCCCCCCCCCOCCCOP(=O)(CCCNC(=O)O)OCc1ccccc1. The fourth-order valence-corrected chi connectivity index (χ4v) is 6.23. The second kappa shape index (κ2) is 26.5. The number of ether oxygens (including phenoxy) is 1. The van der Waals surface area contributed by atoms with Crippen LogP contribution < -0.4 is 5.32 Å². The van der Waals surface area contributed by atoms with Gasteiger partial charge < -0.3 is 24.2 Å². The lowest BCUT2D eigenvalue weighted by Crippen LogP contribution is -2.22. The molecule has 0 fully saturated rings. The Morgan fingerprint density at radius 2 is 1.23 bits per heavy atom. The summed E-state index contributed by atoms with van der Waals surface area (Å²) in [5.74, 6) is 0. The number of nitrogens with one attached hydrogen (secondary N) is 1. The molecule has 1 aromatic carbocycles. The highest BCUT2D eigenvalue weighted by molar-refractivity contribution is 7.53. The zero-order valence-corrected chi connectivity index (χ0v) is 26.2. The van der Waals surface area contributed by atoms with E-state index in [0.717, 1.165) is 18.6 Å². The van der Waals surface area contributed by atoms with E-state index in [1.165, 1.54) is 96.3 Å². The Labute approximate surface area is 244 Å². The number of benzene rings is 1. The van der Waals surface area contributed by atoms with Gasteiger partial charge in [0.1, 0.15) is 0 Å². The van der Waals surface area contributed by atoms with Crippen molar-refractivity contribution in [2.75, 3.05) is 32.5 Å². The number of carboxylic acid groups (broad SMARTS) is 1. The van der Waals surface area contributed by atoms with Crippen LogP contribution in [0.2, 0.25) is 0 Å². The summed E-state index contributed by atoms with van der Waals surface area (Å²) in [4.78, 5) is 10.7. The van der Waals surface area contributed by atoms with Gasteiger partial charge in [0, 0.05) is 19.8 Å². The predicted octanol–water partition coefficient (Wildman–Crippen LogP) is 9.74. The summed E-state index contributed by atoms with van der Waals surface area (Å²) >= 11 is 0. The molecule has 1 unspecified atom stereocenters. The Morgan fingerprint density at radius 3 is 1.77 bits per heavy atom. The molecule has 0 aromatic heterocycles. The zero-order chi connectivity index (χ0) is 29.0. The molecule has 1 amide bonds.